The number of carbonyl (C=O) groups is 1. The summed E-state index contributed by atoms with van der Waals surface area (Å²) >= 11 is 0. The molecule has 2 N–H and O–H groups in total. The molecular weight excluding hydrogens is 473 g/mol. The molecule has 0 radical (unpaired) electrons. The maximum Gasteiger partial charge on any atom is 0.416 e. The molecule has 13 heteroatoms. The van der Waals surface area contributed by atoms with Gasteiger partial charge < -0.3 is 5.32 Å². The van der Waals surface area contributed by atoms with Crippen LogP contribution in [0.1, 0.15) is 15.9 Å². The molecule has 1 aromatic heterocycles. The number of carbonyl (C=O) groups excluding carboxylic acids is 1. The number of amides is 1. The lowest BCUT2D eigenvalue weighted by molar-refractivity contribution is -0.137. The van der Waals surface area contributed by atoms with Crippen LogP contribution in [0.3, 0.4) is 0 Å². The Morgan fingerprint density at radius 3 is 2.38 bits per heavy atom. The molecule has 0 bridgehead atoms. The van der Waals surface area contributed by atoms with Crippen molar-refractivity contribution < 1.29 is 26.4 Å². The van der Waals surface area contributed by atoms with Crippen LogP contribution in [0.2, 0.25) is 0 Å². The largest absolute Gasteiger partial charge is 0.416 e. The summed E-state index contributed by atoms with van der Waals surface area (Å²) in [5.41, 5.74) is -0.256. The fraction of sp³-hybridized carbons (Fsp3) is 0.0476. The maximum atomic E-state index is 12.9. The molecule has 1 amide bonds. The van der Waals surface area contributed by atoms with Gasteiger partial charge in [0.25, 0.3) is 15.9 Å². The Hall–Kier alpha value is -4.26. The van der Waals surface area contributed by atoms with Crippen molar-refractivity contribution in [1.29, 1.82) is 0 Å². The smallest absolute Gasteiger partial charge is 0.322 e. The third kappa shape index (κ3) is 5.20. The molecule has 9 nitrogen and oxygen atoms in total. The molecule has 1 heterocycles. The number of tetrazole rings is 1. The van der Waals surface area contributed by atoms with Gasteiger partial charge in [-0.2, -0.15) is 13.2 Å². The number of halogens is 3. The summed E-state index contributed by atoms with van der Waals surface area (Å²) < 4.78 is 67.7. The second-order valence-electron chi connectivity index (χ2n) is 6.97. The van der Waals surface area contributed by atoms with E-state index in [-0.39, 0.29) is 21.8 Å². The van der Waals surface area contributed by atoms with Crippen LogP contribution in [0.25, 0.3) is 5.69 Å². The van der Waals surface area contributed by atoms with Crippen LogP contribution < -0.4 is 10.0 Å². The molecule has 0 aliphatic rings. The van der Waals surface area contributed by atoms with Crippen LogP contribution in [0.15, 0.2) is 84.0 Å². The third-order valence-corrected chi connectivity index (χ3v) is 5.95. The summed E-state index contributed by atoms with van der Waals surface area (Å²) in [5.74, 6) is -0.518. The van der Waals surface area contributed by atoms with Gasteiger partial charge in [0, 0.05) is 16.9 Å². The van der Waals surface area contributed by atoms with Crippen LogP contribution in [-0.2, 0) is 16.2 Å². The molecule has 3 aromatic carbocycles. The summed E-state index contributed by atoms with van der Waals surface area (Å²) in [5, 5.41) is 13.4. The van der Waals surface area contributed by atoms with Gasteiger partial charge in [0.1, 0.15) is 6.33 Å². The SMILES string of the molecule is O=C(Nc1cccc(S(=O)(=O)Nc2cccc(C(F)(F)F)c2)c1)c1cccc(-n2cnnn2)c1. The summed E-state index contributed by atoms with van der Waals surface area (Å²) in [4.78, 5) is 12.4. The van der Waals surface area contributed by atoms with E-state index in [0.29, 0.717) is 11.8 Å². The van der Waals surface area contributed by atoms with E-state index < -0.39 is 27.7 Å². The van der Waals surface area contributed by atoms with E-state index in [0.717, 1.165) is 12.1 Å². The molecule has 0 fully saturated rings. The molecule has 34 heavy (non-hydrogen) atoms. The van der Waals surface area contributed by atoms with Gasteiger partial charge >= 0.3 is 6.18 Å². The molecule has 0 atom stereocenters. The highest BCUT2D eigenvalue weighted by Gasteiger charge is 2.30. The zero-order valence-corrected chi connectivity index (χ0v) is 17.9. The van der Waals surface area contributed by atoms with Crippen LogP contribution in [0.5, 0.6) is 0 Å². The van der Waals surface area contributed by atoms with E-state index in [2.05, 4.69) is 25.6 Å². The van der Waals surface area contributed by atoms with E-state index in [9.17, 15) is 26.4 Å². The minimum atomic E-state index is -4.62. The fourth-order valence-corrected chi connectivity index (χ4v) is 4.08. The number of nitrogens with one attached hydrogen (secondary N) is 2. The number of hydrogen-bond acceptors (Lipinski definition) is 6. The monoisotopic (exact) mass is 488 g/mol. The number of nitrogens with zero attached hydrogens (tertiary/aromatic N) is 4. The Kier molecular flexibility index (Phi) is 6.03. The normalized spacial score (nSPS) is 11.7. The van der Waals surface area contributed by atoms with Gasteiger partial charge in [0.05, 0.1) is 16.1 Å². The van der Waals surface area contributed by atoms with Gasteiger partial charge in [0.15, 0.2) is 0 Å². The van der Waals surface area contributed by atoms with Gasteiger partial charge in [-0.1, -0.05) is 18.2 Å². The summed E-state index contributed by atoms with van der Waals surface area (Å²) in [6.45, 7) is 0. The van der Waals surface area contributed by atoms with Crippen LogP contribution in [-0.4, -0.2) is 34.5 Å². The van der Waals surface area contributed by atoms with E-state index in [1.54, 1.807) is 24.3 Å². The quantitative estimate of drug-likeness (QED) is 0.427. The van der Waals surface area contributed by atoms with Crippen molar-refractivity contribution in [3.63, 3.8) is 0 Å². The van der Waals surface area contributed by atoms with Gasteiger partial charge in [-0.25, -0.2) is 13.1 Å². The van der Waals surface area contributed by atoms with Crippen LogP contribution >= 0.6 is 0 Å². The zero-order chi connectivity index (χ0) is 24.3. The number of anilines is 2. The van der Waals surface area contributed by atoms with E-state index >= 15 is 0 Å². The number of aromatic nitrogens is 4. The minimum absolute atomic E-state index is 0.171. The summed E-state index contributed by atoms with van der Waals surface area (Å²) in [6.07, 6.45) is -3.25. The standard InChI is InChI=1S/C21H15F3N6O3S/c22-21(23,24)15-5-2-7-17(11-15)27-34(32,33)19-9-3-6-16(12-19)26-20(31)14-4-1-8-18(10-14)30-13-25-28-29-30/h1-13,27H,(H,26,31). The van der Waals surface area contributed by atoms with E-state index in [1.807, 2.05) is 0 Å². The van der Waals surface area contributed by atoms with Gasteiger partial charge in [0.2, 0.25) is 0 Å². The first-order valence-corrected chi connectivity index (χ1v) is 11.0. The molecule has 0 aliphatic carbocycles. The molecule has 4 aromatic rings. The molecule has 0 saturated heterocycles. The Labute approximate surface area is 191 Å². The van der Waals surface area contributed by atoms with Crippen molar-refractivity contribution in [1.82, 2.24) is 20.2 Å². The maximum absolute atomic E-state index is 12.9. The lowest BCUT2D eigenvalue weighted by Crippen LogP contribution is -2.16. The summed E-state index contributed by atoms with van der Waals surface area (Å²) in [6, 6.07) is 15.6. The minimum Gasteiger partial charge on any atom is -0.322 e. The van der Waals surface area contributed by atoms with E-state index in [1.165, 1.54) is 41.3 Å². The third-order valence-electron chi connectivity index (χ3n) is 4.57. The average molecular weight is 488 g/mol. The number of benzene rings is 3. The number of alkyl halides is 3. The average Bonchev–Trinajstić information content (AvgIpc) is 3.34. The first kappa shape index (κ1) is 22.9. The number of hydrogen-bond donors (Lipinski definition) is 2. The predicted molar refractivity (Wildman–Crippen MR) is 116 cm³/mol. The molecule has 0 saturated carbocycles. The van der Waals surface area contributed by atoms with Crippen molar-refractivity contribution in [3.05, 3.63) is 90.3 Å². The zero-order valence-electron chi connectivity index (χ0n) is 17.1. The molecule has 174 valence electrons. The van der Waals surface area contributed by atoms with Gasteiger partial charge in [-0.15, -0.1) is 5.10 Å². The first-order valence-electron chi connectivity index (χ1n) is 9.57. The van der Waals surface area contributed by atoms with E-state index in [4.69, 9.17) is 0 Å². The lowest BCUT2D eigenvalue weighted by Gasteiger charge is -2.12. The topological polar surface area (TPSA) is 119 Å². The van der Waals surface area contributed by atoms with Gasteiger partial charge in [-0.05, 0) is 65.0 Å². The fourth-order valence-electron chi connectivity index (χ4n) is 2.99. The van der Waals surface area contributed by atoms with Crippen molar-refractivity contribution in [2.24, 2.45) is 0 Å². The number of sulfonamides is 1. The Morgan fingerprint density at radius 1 is 0.912 bits per heavy atom. The van der Waals surface area contributed by atoms with Gasteiger partial charge in [-0.3, -0.25) is 9.52 Å². The van der Waals surface area contributed by atoms with Crippen molar-refractivity contribution >= 4 is 27.3 Å². The Morgan fingerprint density at radius 2 is 1.65 bits per heavy atom. The van der Waals surface area contributed by atoms with Crippen LogP contribution in [0, 0.1) is 0 Å². The second kappa shape index (κ2) is 8.94. The predicted octanol–water partition coefficient (Wildman–Crippen LogP) is 3.73. The molecule has 4 rings (SSSR count). The van der Waals surface area contributed by atoms with Crippen molar-refractivity contribution in [2.45, 2.75) is 11.1 Å². The van der Waals surface area contributed by atoms with Crippen molar-refractivity contribution in [3.8, 4) is 5.69 Å². The molecule has 0 unspecified atom stereocenters. The Balaban J connectivity index is 1.53. The Bertz CT molecular complexity index is 1440. The first-order chi connectivity index (χ1) is 16.1. The summed E-state index contributed by atoms with van der Waals surface area (Å²) in [7, 11) is -4.23. The molecular formula is C21H15F3N6O3S. The van der Waals surface area contributed by atoms with Crippen LogP contribution in [0.4, 0.5) is 24.5 Å². The highest BCUT2D eigenvalue weighted by atomic mass is 32.2. The highest BCUT2D eigenvalue weighted by molar-refractivity contribution is 7.92. The lowest BCUT2D eigenvalue weighted by atomic mass is 10.2. The molecule has 0 spiro atoms. The number of rotatable bonds is 6. The highest BCUT2D eigenvalue weighted by Crippen LogP contribution is 2.31. The second-order valence-corrected chi connectivity index (χ2v) is 8.65. The molecule has 0 aliphatic heterocycles. The van der Waals surface area contributed by atoms with Crippen molar-refractivity contribution in [2.75, 3.05) is 10.0 Å².